The molecule has 38 heavy (non-hydrogen) atoms. The molecule has 0 unspecified atom stereocenters. The molecule has 0 spiro atoms. The van der Waals surface area contributed by atoms with Crippen molar-refractivity contribution in [2.45, 2.75) is 158 Å². The molecule has 0 aromatic heterocycles. The van der Waals surface area contributed by atoms with E-state index in [4.69, 9.17) is 11.2 Å². The van der Waals surface area contributed by atoms with Gasteiger partial charge in [0.1, 0.15) is 0 Å². The summed E-state index contributed by atoms with van der Waals surface area (Å²) < 4.78 is 11.7. The van der Waals surface area contributed by atoms with Crippen molar-refractivity contribution < 1.29 is 0 Å². The molecule has 0 aliphatic carbocycles. The molecule has 0 N–H and O–H groups in total. The van der Waals surface area contributed by atoms with Crippen LogP contribution in [0.4, 0.5) is 0 Å². The Hall–Kier alpha value is 0.560. The Morgan fingerprint density at radius 3 is 0.553 bits per heavy atom. The van der Waals surface area contributed by atoms with Crippen molar-refractivity contribution in [2.24, 2.45) is 0 Å². The summed E-state index contributed by atoms with van der Waals surface area (Å²) in [6, 6.07) is 0. The molecule has 0 saturated carbocycles. The van der Waals surface area contributed by atoms with Gasteiger partial charge in [0.25, 0.3) is 0 Å². The van der Waals surface area contributed by atoms with Crippen LogP contribution in [-0.4, -0.2) is 71.0 Å². The van der Waals surface area contributed by atoms with E-state index in [2.05, 4.69) is 74.1 Å². The van der Waals surface area contributed by atoms with Gasteiger partial charge in [0.15, 0.2) is 0 Å². The van der Waals surface area contributed by atoms with Gasteiger partial charge < -0.3 is 0 Å². The number of hydrogen-bond acceptors (Lipinski definition) is 4. The molecule has 0 aromatic rings. The van der Waals surface area contributed by atoms with Gasteiger partial charge in [-0.15, -0.1) is 0 Å². The summed E-state index contributed by atoms with van der Waals surface area (Å²) in [7, 11) is 0. The Balaban J connectivity index is 7.58. The van der Waals surface area contributed by atoms with E-state index in [-0.39, 0.29) is 0 Å². The van der Waals surface area contributed by atoms with Crippen molar-refractivity contribution >= 4 is 17.8 Å². The van der Waals surface area contributed by atoms with Gasteiger partial charge in [0, 0.05) is 0 Å². The third-order valence-electron chi connectivity index (χ3n) is 8.10. The fraction of sp³-hybridized carbons (Fsp3) is 1.00. The standard InChI is InChI=1S/C32H72ClN4P/c1-9-17-25-34(26-18-10-2)38(33,35(27-19-11-3)28-20-12-4,36(29-21-13-5)30-22-14-6)37(31-23-15-7)32-24-16-8/h9-32H2,1-8H3. The van der Waals surface area contributed by atoms with Crippen molar-refractivity contribution in [1.82, 2.24) is 18.7 Å². The molecule has 6 heteroatoms. The van der Waals surface area contributed by atoms with Crippen LogP contribution in [0.3, 0.4) is 0 Å². The second kappa shape index (κ2) is 23.2. The molecule has 4 nitrogen and oxygen atoms in total. The van der Waals surface area contributed by atoms with Crippen LogP contribution in [0, 0.1) is 0 Å². The van der Waals surface area contributed by atoms with Crippen molar-refractivity contribution in [2.75, 3.05) is 52.4 Å². The van der Waals surface area contributed by atoms with Crippen LogP contribution in [-0.2, 0) is 0 Å². The van der Waals surface area contributed by atoms with Crippen LogP contribution < -0.4 is 0 Å². The first-order chi connectivity index (χ1) is 18.4. The van der Waals surface area contributed by atoms with E-state index in [1.54, 1.807) is 0 Å². The minimum absolute atomic E-state index is 1.12. The zero-order chi connectivity index (χ0) is 28.7. The Morgan fingerprint density at radius 1 is 0.316 bits per heavy atom. The number of nitrogens with zero attached hydrogens (tertiary/aromatic N) is 4. The van der Waals surface area contributed by atoms with Gasteiger partial charge in [-0.25, -0.2) is 0 Å². The van der Waals surface area contributed by atoms with Crippen LogP contribution >= 0.6 is 17.8 Å². The maximum absolute atomic E-state index is 8.98. The molecule has 0 aliphatic heterocycles. The van der Waals surface area contributed by atoms with E-state index in [0.29, 0.717) is 0 Å². The van der Waals surface area contributed by atoms with Gasteiger partial charge in [-0.2, -0.15) is 0 Å². The van der Waals surface area contributed by atoms with Gasteiger partial charge in [0.2, 0.25) is 0 Å². The van der Waals surface area contributed by atoms with Gasteiger partial charge in [-0.05, 0) is 0 Å². The predicted octanol–water partition coefficient (Wildman–Crippen LogP) is 11.0. The maximum atomic E-state index is 8.98. The summed E-state index contributed by atoms with van der Waals surface area (Å²) in [5.41, 5.74) is 0. The molecule has 0 saturated heterocycles. The molecule has 0 rings (SSSR count). The first kappa shape index (κ1) is 38.6. The summed E-state index contributed by atoms with van der Waals surface area (Å²) in [4.78, 5) is 0. The van der Waals surface area contributed by atoms with E-state index in [1.165, 1.54) is 103 Å². The molecule has 0 amide bonds. The minimum atomic E-state index is -3.34. The topological polar surface area (TPSA) is 13.0 Å². The summed E-state index contributed by atoms with van der Waals surface area (Å²) in [6.07, 6.45) is 19.7. The monoisotopic (exact) mass is 579 g/mol. The quantitative estimate of drug-likeness (QED) is 0.0855. The second-order valence-corrected chi connectivity index (χ2v) is 17.2. The first-order valence-corrected chi connectivity index (χ1v) is 20.1. The zero-order valence-corrected chi connectivity index (χ0v) is 29.2. The average molecular weight is 579 g/mol. The molecule has 0 bridgehead atoms. The molecule has 0 radical (unpaired) electrons. The number of halogens is 1. The summed E-state index contributed by atoms with van der Waals surface area (Å²) in [6.45, 7) is 24.4. The van der Waals surface area contributed by atoms with Crippen molar-refractivity contribution in [3.05, 3.63) is 0 Å². The number of rotatable bonds is 28. The van der Waals surface area contributed by atoms with Crippen molar-refractivity contribution in [3.63, 3.8) is 0 Å². The van der Waals surface area contributed by atoms with E-state index < -0.39 is 6.56 Å². The Bertz CT molecular complexity index is 412. The number of hydrogen-bond donors (Lipinski definition) is 0. The molecule has 232 valence electrons. The van der Waals surface area contributed by atoms with Crippen LogP contribution in [0.5, 0.6) is 0 Å². The second-order valence-electron chi connectivity index (χ2n) is 11.5. The molecular weight excluding hydrogens is 507 g/mol. The van der Waals surface area contributed by atoms with Gasteiger partial charge >= 0.3 is 247 Å². The van der Waals surface area contributed by atoms with Crippen LogP contribution in [0.1, 0.15) is 158 Å². The van der Waals surface area contributed by atoms with Gasteiger partial charge in [-0.3, -0.25) is 0 Å². The molecule has 0 fully saturated rings. The molecule has 0 heterocycles. The van der Waals surface area contributed by atoms with Crippen LogP contribution in [0.25, 0.3) is 0 Å². The third kappa shape index (κ3) is 11.1. The average Bonchev–Trinajstić information content (AvgIpc) is 2.93. The number of unbranched alkanes of at least 4 members (excludes halogenated alkanes) is 8. The van der Waals surface area contributed by atoms with Crippen LogP contribution in [0.15, 0.2) is 0 Å². The summed E-state index contributed by atoms with van der Waals surface area (Å²) >= 11 is 8.98. The SMILES string of the molecule is CCCCN(CCCC)P(Cl)(N(CCCC)CCCC)(N(CCCC)CCCC)N(CCCC)CCCC. The summed E-state index contributed by atoms with van der Waals surface area (Å²) in [5.74, 6) is 0. The fourth-order valence-electron chi connectivity index (χ4n) is 5.62. The third-order valence-corrected chi connectivity index (χ3v) is 16.2. The van der Waals surface area contributed by atoms with Crippen molar-refractivity contribution in [3.8, 4) is 0 Å². The Labute approximate surface area is 246 Å². The molecular formula is C32H72ClN4P. The Kier molecular flexibility index (Phi) is 23.5. The zero-order valence-electron chi connectivity index (χ0n) is 27.6. The van der Waals surface area contributed by atoms with Crippen molar-refractivity contribution in [1.29, 1.82) is 0 Å². The van der Waals surface area contributed by atoms with E-state index in [9.17, 15) is 0 Å². The van der Waals surface area contributed by atoms with Gasteiger partial charge in [0.05, 0.1) is 0 Å². The van der Waals surface area contributed by atoms with E-state index in [0.717, 1.165) is 52.4 Å². The normalized spacial score (nSPS) is 13.8. The summed E-state index contributed by atoms with van der Waals surface area (Å²) in [5, 5.41) is 0. The van der Waals surface area contributed by atoms with E-state index in [1.807, 2.05) is 0 Å². The fourth-order valence-corrected chi connectivity index (χ4v) is 13.5. The molecule has 0 atom stereocenters. The molecule has 0 aromatic carbocycles. The predicted molar refractivity (Wildman–Crippen MR) is 178 cm³/mol. The van der Waals surface area contributed by atoms with Gasteiger partial charge in [-0.1, -0.05) is 0 Å². The van der Waals surface area contributed by atoms with Crippen LogP contribution in [0.2, 0.25) is 0 Å². The van der Waals surface area contributed by atoms with E-state index >= 15 is 0 Å². The molecule has 0 aliphatic rings. The Morgan fingerprint density at radius 2 is 0.447 bits per heavy atom. The first-order valence-electron chi connectivity index (χ1n) is 17.2.